The van der Waals surface area contributed by atoms with Crippen LogP contribution in [0.3, 0.4) is 0 Å². The highest BCUT2D eigenvalue weighted by Gasteiger charge is 2.20. The number of phenols is 1. The highest BCUT2D eigenvalue weighted by Crippen LogP contribution is 2.13. The molecule has 0 radical (unpaired) electrons. The lowest BCUT2D eigenvalue weighted by molar-refractivity contribution is -0.119. The third kappa shape index (κ3) is 3.33. The number of rotatable bonds is 4. The van der Waals surface area contributed by atoms with E-state index < -0.39 is 6.04 Å². The first-order chi connectivity index (χ1) is 9.58. The predicted octanol–water partition coefficient (Wildman–Crippen LogP) is 1.32. The van der Waals surface area contributed by atoms with Crippen LogP contribution in [0.4, 0.5) is 5.82 Å². The van der Waals surface area contributed by atoms with E-state index in [4.69, 9.17) is 5.73 Å². The van der Waals surface area contributed by atoms with Crippen LogP contribution in [0, 0.1) is 0 Å². The fourth-order valence-electron chi connectivity index (χ4n) is 1.89. The molecule has 0 bridgehead atoms. The van der Waals surface area contributed by atoms with Crippen molar-refractivity contribution in [1.82, 2.24) is 4.98 Å². The molecule has 1 heterocycles. The number of likely N-dealkylation sites (N-methyl/N-ethyl adjacent to an activating group) is 1. The maximum absolute atomic E-state index is 12.2. The second-order valence-electron chi connectivity index (χ2n) is 4.56. The number of carbonyl (C=O) groups is 1. The van der Waals surface area contributed by atoms with Gasteiger partial charge in [0.2, 0.25) is 5.91 Å². The Morgan fingerprint density at radius 1 is 1.30 bits per heavy atom. The Balaban J connectivity index is 2.03. The Bertz CT molecular complexity index is 569. The van der Waals surface area contributed by atoms with Crippen LogP contribution in [-0.4, -0.2) is 29.1 Å². The van der Waals surface area contributed by atoms with Crippen molar-refractivity contribution in [2.24, 2.45) is 5.73 Å². The lowest BCUT2D eigenvalue weighted by Crippen LogP contribution is -2.43. The van der Waals surface area contributed by atoms with Gasteiger partial charge in [0.05, 0.1) is 6.04 Å². The summed E-state index contributed by atoms with van der Waals surface area (Å²) < 4.78 is 0. The lowest BCUT2D eigenvalue weighted by Gasteiger charge is -2.20. The molecule has 2 rings (SSSR count). The summed E-state index contributed by atoms with van der Waals surface area (Å²) in [7, 11) is 1.65. The molecule has 1 aromatic carbocycles. The van der Waals surface area contributed by atoms with E-state index in [2.05, 4.69) is 4.98 Å². The van der Waals surface area contributed by atoms with Crippen LogP contribution >= 0.6 is 0 Å². The quantitative estimate of drug-likeness (QED) is 0.879. The van der Waals surface area contributed by atoms with Gasteiger partial charge in [-0.05, 0) is 36.2 Å². The molecular formula is C15H17N3O2. The van der Waals surface area contributed by atoms with Crippen molar-refractivity contribution in [3.63, 3.8) is 0 Å². The standard InChI is InChI=1S/C15H17N3O2/c1-18(14-4-2-3-9-17-14)15(20)13(16)10-11-5-7-12(19)8-6-11/h2-9,13,19H,10,16H2,1H3/t13-/m0/s1. The second-order valence-corrected chi connectivity index (χ2v) is 4.56. The van der Waals surface area contributed by atoms with Crippen molar-refractivity contribution in [1.29, 1.82) is 0 Å². The van der Waals surface area contributed by atoms with Crippen LogP contribution in [0.5, 0.6) is 5.75 Å². The summed E-state index contributed by atoms with van der Waals surface area (Å²) in [5, 5.41) is 9.22. The first-order valence-corrected chi connectivity index (χ1v) is 6.30. The Morgan fingerprint density at radius 2 is 2.00 bits per heavy atom. The van der Waals surface area contributed by atoms with Gasteiger partial charge in [-0.3, -0.25) is 9.69 Å². The molecule has 3 N–H and O–H groups in total. The number of aromatic hydroxyl groups is 1. The number of amides is 1. The molecule has 0 unspecified atom stereocenters. The predicted molar refractivity (Wildman–Crippen MR) is 77.4 cm³/mol. The molecule has 1 atom stereocenters. The largest absolute Gasteiger partial charge is 0.508 e. The first-order valence-electron chi connectivity index (χ1n) is 6.30. The van der Waals surface area contributed by atoms with E-state index in [1.54, 1.807) is 49.6 Å². The Morgan fingerprint density at radius 3 is 2.60 bits per heavy atom. The summed E-state index contributed by atoms with van der Waals surface area (Å²) in [5.74, 6) is 0.565. The molecule has 2 aromatic rings. The van der Waals surface area contributed by atoms with Crippen molar-refractivity contribution in [3.8, 4) is 5.75 Å². The minimum atomic E-state index is -0.647. The minimum absolute atomic E-state index is 0.194. The molecule has 5 nitrogen and oxygen atoms in total. The fraction of sp³-hybridized carbons (Fsp3) is 0.200. The zero-order chi connectivity index (χ0) is 14.5. The second kappa shape index (κ2) is 6.16. The van der Waals surface area contributed by atoms with Crippen molar-refractivity contribution in [2.75, 3.05) is 11.9 Å². The number of hydrogen-bond donors (Lipinski definition) is 2. The molecule has 1 amide bonds. The van der Waals surface area contributed by atoms with E-state index in [1.165, 1.54) is 4.90 Å². The third-order valence-electron chi connectivity index (χ3n) is 3.03. The van der Waals surface area contributed by atoms with Crippen LogP contribution in [0.15, 0.2) is 48.7 Å². The zero-order valence-electron chi connectivity index (χ0n) is 11.2. The number of pyridine rings is 1. The van der Waals surface area contributed by atoms with Crippen LogP contribution in [0.2, 0.25) is 0 Å². The number of nitrogens with zero attached hydrogens (tertiary/aromatic N) is 2. The van der Waals surface area contributed by atoms with Crippen LogP contribution < -0.4 is 10.6 Å². The van der Waals surface area contributed by atoms with Crippen molar-refractivity contribution >= 4 is 11.7 Å². The summed E-state index contributed by atoms with van der Waals surface area (Å²) in [4.78, 5) is 17.8. The number of anilines is 1. The molecular weight excluding hydrogens is 254 g/mol. The van der Waals surface area contributed by atoms with Crippen LogP contribution in [-0.2, 0) is 11.2 Å². The molecule has 0 saturated carbocycles. The van der Waals surface area contributed by atoms with E-state index in [1.807, 2.05) is 6.07 Å². The summed E-state index contributed by atoms with van der Waals surface area (Å²) in [6.45, 7) is 0. The van der Waals surface area contributed by atoms with Gasteiger partial charge in [0, 0.05) is 13.2 Å². The van der Waals surface area contributed by atoms with Gasteiger partial charge in [-0.2, -0.15) is 0 Å². The van der Waals surface area contributed by atoms with Gasteiger partial charge in [0.1, 0.15) is 11.6 Å². The highest BCUT2D eigenvalue weighted by molar-refractivity contribution is 5.95. The van der Waals surface area contributed by atoms with Gasteiger partial charge in [0.15, 0.2) is 0 Å². The Kier molecular flexibility index (Phi) is 4.32. The smallest absolute Gasteiger partial charge is 0.245 e. The van der Waals surface area contributed by atoms with Gasteiger partial charge in [-0.1, -0.05) is 18.2 Å². The molecule has 0 aliphatic carbocycles. The van der Waals surface area contributed by atoms with Gasteiger partial charge >= 0.3 is 0 Å². The normalized spacial score (nSPS) is 11.9. The van der Waals surface area contributed by atoms with Crippen molar-refractivity contribution in [3.05, 3.63) is 54.2 Å². The van der Waals surface area contributed by atoms with E-state index in [0.29, 0.717) is 12.2 Å². The van der Waals surface area contributed by atoms with E-state index in [0.717, 1.165) is 5.56 Å². The Labute approximate surface area is 117 Å². The average molecular weight is 271 g/mol. The molecule has 0 saturated heterocycles. The number of nitrogens with two attached hydrogens (primary N) is 1. The topological polar surface area (TPSA) is 79.5 Å². The highest BCUT2D eigenvalue weighted by atomic mass is 16.3. The van der Waals surface area contributed by atoms with Gasteiger partial charge in [0.25, 0.3) is 0 Å². The number of aromatic nitrogens is 1. The number of benzene rings is 1. The molecule has 0 fully saturated rings. The summed E-state index contributed by atoms with van der Waals surface area (Å²) >= 11 is 0. The molecule has 0 aliphatic heterocycles. The summed E-state index contributed by atoms with van der Waals surface area (Å²) in [5.41, 5.74) is 6.85. The SMILES string of the molecule is CN(C(=O)[C@@H](N)Cc1ccc(O)cc1)c1ccccn1. The monoisotopic (exact) mass is 271 g/mol. The molecule has 0 aliphatic rings. The van der Waals surface area contributed by atoms with Crippen LogP contribution in [0.25, 0.3) is 0 Å². The molecule has 20 heavy (non-hydrogen) atoms. The maximum Gasteiger partial charge on any atom is 0.245 e. The van der Waals surface area contributed by atoms with E-state index >= 15 is 0 Å². The van der Waals surface area contributed by atoms with Gasteiger partial charge < -0.3 is 10.8 Å². The van der Waals surface area contributed by atoms with Gasteiger partial charge in [-0.15, -0.1) is 0 Å². The summed E-state index contributed by atoms with van der Waals surface area (Å²) in [6.07, 6.45) is 2.04. The Hall–Kier alpha value is -2.40. The molecule has 0 spiro atoms. The van der Waals surface area contributed by atoms with E-state index in [-0.39, 0.29) is 11.7 Å². The molecule has 104 valence electrons. The van der Waals surface area contributed by atoms with Crippen LogP contribution in [0.1, 0.15) is 5.56 Å². The van der Waals surface area contributed by atoms with Gasteiger partial charge in [-0.25, -0.2) is 4.98 Å². The number of carbonyl (C=O) groups excluding carboxylic acids is 1. The van der Waals surface area contributed by atoms with Crippen molar-refractivity contribution in [2.45, 2.75) is 12.5 Å². The van der Waals surface area contributed by atoms with Crippen molar-refractivity contribution < 1.29 is 9.90 Å². The third-order valence-corrected chi connectivity index (χ3v) is 3.03. The average Bonchev–Trinajstić information content (AvgIpc) is 2.49. The van der Waals surface area contributed by atoms with E-state index in [9.17, 15) is 9.90 Å². The lowest BCUT2D eigenvalue weighted by atomic mass is 10.1. The molecule has 1 aromatic heterocycles. The molecule has 5 heteroatoms. The first kappa shape index (κ1) is 14.0. The maximum atomic E-state index is 12.2. The zero-order valence-corrected chi connectivity index (χ0v) is 11.2. The summed E-state index contributed by atoms with van der Waals surface area (Å²) in [6, 6.07) is 11.4. The fourth-order valence-corrected chi connectivity index (χ4v) is 1.89. The minimum Gasteiger partial charge on any atom is -0.508 e. The number of phenolic OH excluding ortho intramolecular Hbond substituents is 1. The number of hydrogen-bond acceptors (Lipinski definition) is 4.